The van der Waals surface area contributed by atoms with Gasteiger partial charge in [-0.25, -0.2) is 9.97 Å². The number of phenolic OH excluding ortho intramolecular Hbond substituents is 1. The number of anilines is 1. The van der Waals surface area contributed by atoms with E-state index in [9.17, 15) is 34.2 Å². The summed E-state index contributed by atoms with van der Waals surface area (Å²) in [6.45, 7) is 12.3. The van der Waals surface area contributed by atoms with E-state index in [0.717, 1.165) is 91.3 Å². The van der Waals surface area contributed by atoms with Crippen molar-refractivity contribution in [1.29, 1.82) is 0 Å². The van der Waals surface area contributed by atoms with E-state index in [1.807, 2.05) is 75.8 Å². The zero-order chi connectivity index (χ0) is 57.6. The molecule has 3 saturated heterocycles. The Balaban J connectivity index is 0.628. The molecule has 440 valence electrons. The molecule has 4 amide bonds. The fourth-order valence-corrected chi connectivity index (χ4v) is 11.0. The molecule has 0 saturated carbocycles. The predicted octanol–water partition coefficient (Wildman–Crippen LogP) is 5.98. The molecule has 5 atom stereocenters. The van der Waals surface area contributed by atoms with E-state index in [1.165, 1.54) is 11.0 Å². The number of ether oxygens (including phenoxy) is 5. The average molecular weight is 1140 g/mol. The number of allylic oxidation sites excluding steroid dienone is 1. The molecule has 0 unspecified atom stereocenters. The van der Waals surface area contributed by atoms with Gasteiger partial charge in [-0.2, -0.15) is 0 Å². The second kappa shape index (κ2) is 31.6. The van der Waals surface area contributed by atoms with Crippen LogP contribution in [0.3, 0.4) is 0 Å². The third-order valence-corrected chi connectivity index (χ3v) is 15.6. The number of aromatic nitrogens is 2. The summed E-state index contributed by atoms with van der Waals surface area (Å²) < 4.78 is 28.2. The van der Waals surface area contributed by atoms with Crippen molar-refractivity contribution >= 4 is 46.6 Å². The molecule has 3 fully saturated rings. The number of hydrogen-bond acceptors (Lipinski definition) is 17. The van der Waals surface area contributed by atoms with Crippen LogP contribution in [0.2, 0.25) is 0 Å². The topological polar surface area (TPSA) is 244 Å². The van der Waals surface area contributed by atoms with E-state index < -0.39 is 35.4 Å². The second-order valence-electron chi connectivity index (χ2n) is 21.8. The van der Waals surface area contributed by atoms with Crippen molar-refractivity contribution < 1.29 is 57.9 Å². The predicted molar refractivity (Wildman–Crippen MR) is 308 cm³/mol. The van der Waals surface area contributed by atoms with Gasteiger partial charge >= 0.3 is 0 Å². The van der Waals surface area contributed by atoms with Gasteiger partial charge in [0.2, 0.25) is 23.6 Å². The van der Waals surface area contributed by atoms with Crippen LogP contribution in [0.5, 0.6) is 11.5 Å². The minimum atomic E-state index is -0.970. The van der Waals surface area contributed by atoms with Crippen LogP contribution >= 0.6 is 11.3 Å². The van der Waals surface area contributed by atoms with Crippen LogP contribution in [-0.2, 0) is 44.7 Å². The lowest BCUT2D eigenvalue weighted by Gasteiger charge is -2.35. The number of nitrogens with one attached hydrogen (secondary N) is 3. The number of thiazole rings is 1. The van der Waals surface area contributed by atoms with Gasteiger partial charge in [-0.15, -0.1) is 11.3 Å². The first-order valence-electron chi connectivity index (χ1n) is 28.4. The number of β-amino-alcohol motifs (C(OH)–C–C–N with tert-alkyl or cyclic N) is 1. The molecule has 2 bridgehead atoms. The van der Waals surface area contributed by atoms with Gasteiger partial charge in [0, 0.05) is 69.9 Å². The minimum absolute atomic E-state index is 0.00882. The number of phenols is 1. The van der Waals surface area contributed by atoms with Gasteiger partial charge in [0.15, 0.2) is 5.78 Å². The van der Waals surface area contributed by atoms with Crippen molar-refractivity contribution in [2.24, 2.45) is 5.41 Å². The van der Waals surface area contributed by atoms with Gasteiger partial charge in [0.25, 0.3) is 0 Å². The van der Waals surface area contributed by atoms with Gasteiger partial charge in [0.1, 0.15) is 36.0 Å². The number of amides is 4. The van der Waals surface area contributed by atoms with Crippen molar-refractivity contribution in [3.05, 3.63) is 101 Å². The number of rotatable bonds is 34. The lowest BCUT2D eigenvalue weighted by atomic mass is 9.85. The highest BCUT2D eigenvalue weighted by molar-refractivity contribution is 7.13. The third kappa shape index (κ3) is 19.3. The SMILES string of the molecule is Cc1ncsc1-c1ccc(CNC(=O)[C@@H]2C[C@@H](O)CN2C(=O)[C@@H](NC(=O)COCCOCCOCCOCCNC(=O)CCCCCCCCOc2ccc(N3C[C@H]4C[C@@H]3CN4/C=C/C(=O)c3ccccc3O)nc2)C(C)(C)C)cc1. The van der Waals surface area contributed by atoms with Crippen LogP contribution in [0, 0.1) is 12.3 Å². The van der Waals surface area contributed by atoms with Crippen molar-refractivity contribution in [3.63, 3.8) is 0 Å². The number of carbonyl (C=O) groups is 5. The van der Waals surface area contributed by atoms with Gasteiger partial charge in [-0.3, -0.25) is 24.0 Å². The van der Waals surface area contributed by atoms with Crippen molar-refractivity contribution in [3.8, 4) is 21.9 Å². The number of likely N-dealkylation sites (tertiary alicyclic amines) is 2. The minimum Gasteiger partial charge on any atom is -0.507 e. The molecule has 20 nitrogen and oxygen atoms in total. The number of unbranched alkanes of at least 4 members (excludes halogenated alkanes) is 5. The van der Waals surface area contributed by atoms with E-state index in [-0.39, 0.29) is 62.7 Å². The number of para-hydroxylation sites is 1. The largest absolute Gasteiger partial charge is 0.507 e. The highest BCUT2D eigenvalue weighted by atomic mass is 32.1. The molecule has 81 heavy (non-hydrogen) atoms. The highest BCUT2D eigenvalue weighted by Crippen LogP contribution is 2.35. The third-order valence-electron chi connectivity index (χ3n) is 14.6. The fraction of sp³-hybridized carbons (Fsp3) is 0.550. The maximum Gasteiger partial charge on any atom is 0.246 e. The average Bonchev–Trinajstić information content (AvgIpc) is 4.43. The summed E-state index contributed by atoms with van der Waals surface area (Å²) in [5.41, 5.74) is 4.31. The molecule has 0 radical (unpaired) electrons. The smallest absolute Gasteiger partial charge is 0.246 e. The maximum absolute atomic E-state index is 13.9. The zero-order valence-corrected chi connectivity index (χ0v) is 48.2. The molecule has 2 aromatic heterocycles. The second-order valence-corrected chi connectivity index (χ2v) is 22.7. The number of piperazine rings is 1. The Hall–Kier alpha value is -6.49. The van der Waals surface area contributed by atoms with Crippen LogP contribution in [-0.4, -0.2) is 175 Å². The quantitative estimate of drug-likeness (QED) is 0.0205. The van der Waals surface area contributed by atoms with Gasteiger partial charge < -0.3 is 64.5 Å². The number of nitrogens with zero attached hydrogens (tertiary/aromatic N) is 5. The number of aliphatic hydroxyl groups excluding tert-OH is 1. The maximum atomic E-state index is 13.9. The van der Waals surface area contributed by atoms with Crippen molar-refractivity contribution in [1.82, 2.24) is 35.7 Å². The van der Waals surface area contributed by atoms with Gasteiger partial charge in [-0.1, -0.05) is 82.9 Å². The number of ketones is 1. The molecule has 2 aromatic carbocycles. The lowest BCUT2D eigenvalue weighted by Crippen LogP contribution is -2.58. The summed E-state index contributed by atoms with van der Waals surface area (Å²) in [5, 5.41) is 29.1. The van der Waals surface area contributed by atoms with Crippen LogP contribution in [0.15, 0.2) is 84.6 Å². The summed E-state index contributed by atoms with van der Waals surface area (Å²) >= 11 is 1.57. The molecule has 4 aromatic rings. The standard InChI is InChI=1S/C60H82N8O12S/c1-42-56(81-41-64-42)44-18-16-43(17-19-44)35-63-58(74)50-34-47(69)39-68(50)59(75)57(60(2,3)4)65-55(73)40-79-32-31-78-30-29-77-28-27-76-26-23-61-54(72)15-9-7-5-6-8-12-25-80-48-20-21-53(62-36-48)67-38-45-33-46(67)37-66(45)24-22-52(71)49-13-10-11-14-51(49)70/h10-11,13-14,16-22,24,36,41,45-47,50,57,69-70H,5-9,12,15,23,25-35,37-40H2,1-4H3,(H,61,72)(H,63,74)(H,65,73)/b24-22+/t45-,46-,47-,50+,57-/m1/s1. The van der Waals surface area contributed by atoms with Gasteiger partial charge in [-0.05, 0) is 67.0 Å². The Labute approximate surface area is 479 Å². The lowest BCUT2D eigenvalue weighted by molar-refractivity contribution is -0.144. The van der Waals surface area contributed by atoms with Gasteiger partial charge in [0.05, 0.1) is 86.8 Å². The molecule has 3 aliphatic rings. The molecular formula is C60H82N8O12S. The number of fused-ring (bicyclic) bond motifs is 2. The number of aliphatic hydroxyl groups is 1. The normalized spacial score (nSPS) is 18.2. The summed E-state index contributed by atoms with van der Waals surface area (Å²) in [4.78, 5) is 81.1. The molecule has 0 spiro atoms. The number of pyridine rings is 1. The first kappa shape index (κ1) is 62.1. The monoisotopic (exact) mass is 1140 g/mol. The number of hydrogen-bond donors (Lipinski definition) is 5. The number of benzene rings is 2. The summed E-state index contributed by atoms with van der Waals surface area (Å²) in [6.07, 6.45) is 11.9. The molecular weight excluding hydrogens is 1060 g/mol. The van der Waals surface area contributed by atoms with Crippen LogP contribution in [0.4, 0.5) is 5.82 Å². The van der Waals surface area contributed by atoms with Crippen LogP contribution in [0.25, 0.3) is 10.4 Å². The number of aryl methyl sites for hydroxylation is 1. The van der Waals surface area contributed by atoms with Crippen LogP contribution in [0.1, 0.15) is 100 Å². The molecule has 0 aliphatic carbocycles. The molecule has 3 aliphatic heterocycles. The Morgan fingerprint density at radius 1 is 0.765 bits per heavy atom. The summed E-state index contributed by atoms with van der Waals surface area (Å²) in [5.74, 6) is 0.179. The first-order valence-corrected chi connectivity index (χ1v) is 29.3. The van der Waals surface area contributed by atoms with Crippen molar-refractivity contribution in [2.75, 3.05) is 90.5 Å². The first-order chi connectivity index (χ1) is 39.1. The van der Waals surface area contributed by atoms with Crippen LogP contribution < -0.4 is 25.6 Å². The number of aromatic hydroxyl groups is 1. The Bertz CT molecular complexity index is 2670. The van der Waals surface area contributed by atoms with E-state index in [2.05, 4.69) is 35.7 Å². The van der Waals surface area contributed by atoms with E-state index >= 15 is 0 Å². The van der Waals surface area contributed by atoms with E-state index in [4.69, 9.17) is 23.7 Å². The molecule has 7 rings (SSSR count). The molecule has 21 heteroatoms. The van der Waals surface area contributed by atoms with E-state index in [1.54, 1.807) is 41.8 Å². The summed E-state index contributed by atoms with van der Waals surface area (Å²) in [7, 11) is 0. The Morgan fingerprint density at radius 3 is 2.14 bits per heavy atom. The molecule has 5 N–H and O–H groups in total. The zero-order valence-electron chi connectivity index (χ0n) is 47.4. The fourth-order valence-electron chi connectivity index (χ4n) is 10.2. The van der Waals surface area contributed by atoms with Crippen molar-refractivity contribution in [2.45, 2.75) is 122 Å². The molecule has 5 heterocycles. The Morgan fingerprint density at radius 2 is 1.47 bits per heavy atom. The summed E-state index contributed by atoms with van der Waals surface area (Å²) in [6, 6.07) is 17.2. The Kier molecular flexibility index (Phi) is 24.3. The van der Waals surface area contributed by atoms with E-state index in [0.29, 0.717) is 70.3 Å². The number of carbonyl (C=O) groups excluding carboxylic acids is 5. The highest BCUT2D eigenvalue weighted by Gasteiger charge is 2.45.